The molecule has 29 heavy (non-hydrogen) atoms. The molecule has 0 spiro atoms. The molecule has 0 aliphatic carbocycles. The fourth-order valence-corrected chi connectivity index (χ4v) is 3.67. The first-order valence-corrected chi connectivity index (χ1v) is 9.70. The van der Waals surface area contributed by atoms with Gasteiger partial charge in [0.2, 0.25) is 5.91 Å². The summed E-state index contributed by atoms with van der Waals surface area (Å²) in [6, 6.07) is 18.7. The van der Waals surface area contributed by atoms with Gasteiger partial charge in [0.05, 0.1) is 19.1 Å². The zero-order valence-corrected chi connectivity index (χ0v) is 16.3. The van der Waals surface area contributed by atoms with Gasteiger partial charge in [-0.3, -0.25) is 9.59 Å². The number of fused-ring (bicyclic) bond motifs is 1. The van der Waals surface area contributed by atoms with Crippen molar-refractivity contribution >= 4 is 11.8 Å². The lowest BCUT2D eigenvalue weighted by molar-refractivity contribution is -0.133. The van der Waals surface area contributed by atoms with E-state index in [1.165, 1.54) is 0 Å². The molecule has 0 saturated heterocycles. The third kappa shape index (κ3) is 4.18. The van der Waals surface area contributed by atoms with Gasteiger partial charge in [-0.2, -0.15) is 5.10 Å². The van der Waals surface area contributed by atoms with Crippen molar-refractivity contribution < 1.29 is 9.59 Å². The van der Waals surface area contributed by atoms with E-state index in [4.69, 9.17) is 0 Å². The maximum atomic E-state index is 13.0. The minimum Gasteiger partial charge on any atom is -0.343 e. The standard InChI is InChI=1S/C22H23N5O2/c1-16-24-21-19(14-17-8-4-2-5-9-17)26(12-13-27(21)25-16)20(28)15-23-22(29)18-10-6-3-7-11-18/h2-11,19H,12-15H2,1H3,(H,23,29)/t19-/m0/s1. The zero-order valence-electron chi connectivity index (χ0n) is 16.3. The van der Waals surface area contributed by atoms with Crippen LogP contribution in [0.3, 0.4) is 0 Å². The van der Waals surface area contributed by atoms with Crippen LogP contribution in [0.2, 0.25) is 0 Å². The van der Waals surface area contributed by atoms with Crippen LogP contribution < -0.4 is 5.32 Å². The van der Waals surface area contributed by atoms with Gasteiger partial charge < -0.3 is 10.2 Å². The molecule has 3 aromatic rings. The molecule has 4 rings (SSSR count). The van der Waals surface area contributed by atoms with E-state index in [-0.39, 0.29) is 24.4 Å². The molecule has 2 aromatic carbocycles. The van der Waals surface area contributed by atoms with Gasteiger partial charge in [0.1, 0.15) is 11.6 Å². The van der Waals surface area contributed by atoms with Crippen LogP contribution in [0.4, 0.5) is 0 Å². The average Bonchev–Trinajstić information content (AvgIpc) is 3.14. The van der Waals surface area contributed by atoms with Crippen molar-refractivity contribution in [2.24, 2.45) is 0 Å². The number of nitrogens with one attached hydrogen (secondary N) is 1. The molecule has 1 aliphatic heterocycles. The highest BCUT2D eigenvalue weighted by Gasteiger charge is 2.33. The maximum absolute atomic E-state index is 13.0. The molecule has 2 amide bonds. The van der Waals surface area contributed by atoms with Crippen LogP contribution in [-0.4, -0.2) is 44.6 Å². The highest BCUT2D eigenvalue weighted by atomic mass is 16.2. The Kier molecular flexibility index (Phi) is 5.37. The number of aryl methyl sites for hydroxylation is 1. The lowest BCUT2D eigenvalue weighted by atomic mass is 10.0. The van der Waals surface area contributed by atoms with Gasteiger partial charge in [-0.05, 0) is 24.6 Å². The van der Waals surface area contributed by atoms with E-state index in [0.29, 0.717) is 30.9 Å². The topological polar surface area (TPSA) is 80.1 Å². The molecule has 1 aromatic heterocycles. The number of aromatic nitrogens is 3. The van der Waals surface area contributed by atoms with Crippen molar-refractivity contribution in [3.63, 3.8) is 0 Å². The van der Waals surface area contributed by atoms with Crippen molar-refractivity contribution in [2.75, 3.05) is 13.1 Å². The summed E-state index contributed by atoms with van der Waals surface area (Å²) in [5.74, 6) is 1.11. The first-order chi connectivity index (χ1) is 14.1. The Labute approximate surface area is 169 Å². The van der Waals surface area contributed by atoms with Crippen LogP contribution in [0, 0.1) is 6.92 Å². The fourth-order valence-electron chi connectivity index (χ4n) is 3.67. The third-order valence-electron chi connectivity index (χ3n) is 5.06. The number of carbonyl (C=O) groups is 2. The smallest absolute Gasteiger partial charge is 0.251 e. The van der Waals surface area contributed by atoms with Crippen LogP contribution in [-0.2, 0) is 17.8 Å². The van der Waals surface area contributed by atoms with Crippen molar-refractivity contribution in [1.82, 2.24) is 25.0 Å². The second kappa shape index (κ2) is 8.26. The van der Waals surface area contributed by atoms with Gasteiger partial charge >= 0.3 is 0 Å². The van der Waals surface area contributed by atoms with Crippen LogP contribution in [0.1, 0.15) is 33.6 Å². The van der Waals surface area contributed by atoms with Crippen LogP contribution in [0.25, 0.3) is 0 Å². The summed E-state index contributed by atoms with van der Waals surface area (Å²) in [5, 5.41) is 7.19. The number of amides is 2. The largest absolute Gasteiger partial charge is 0.343 e. The molecule has 2 heterocycles. The zero-order chi connectivity index (χ0) is 20.2. The summed E-state index contributed by atoms with van der Waals surface area (Å²) < 4.78 is 1.88. The van der Waals surface area contributed by atoms with E-state index in [0.717, 1.165) is 11.4 Å². The molecule has 0 saturated carbocycles. The van der Waals surface area contributed by atoms with Crippen LogP contribution in [0.5, 0.6) is 0 Å². The molecule has 7 nitrogen and oxygen atoms in total. The van der Waals surface area contributed by atoms with Gasteiger partial charge in [-0.25, -0.2) is 9.67 Å². The fraction of sp³-hybridized carbons (Fsp3) is 0.273. The Morgan fingerprint density at radius 1 is 1.03 bits per heavy atom. The number of benzene rings is 2. The van der Waals surface area contributed by atoms with Crippen molar-refractivity contribution in [3.8, 4) is 0 Å². The first kappa shape index (κ1) is 18.9. The van der Waals surface area contributed by atoms with E-state index in [1.54, 1.807) is 24.3 Å². The summed E-state index contributed by atoms with van der Waals surface area (Å²) in [5.41, 5.74) is 1.66. The molecular formula is C22H23N5O2. The Bertz CT molecular complexity index is 1000. The second-order valence-corrected chi connectivity index (χ2v) is 7.08. The molecule has 1 aliphatic rings. The third-order valence-corrected chi connectivity index (χ3v) is 5.06. The lowest BCUT2D eigenvalue weighted by Crippen LogP contribution is -2.47. The molecule has 0 unspecified atom stereocenters. The van der Waals surface area contributed by atoms with Crippen molar-refractivity contribution in [3.05, 3.63) is 83.4 Å². The Balaban J connectivity index is 1.51. The quantitative estimate of drug-likeness (QED) is 0.725. The van der Waals surface area contributed by atoms with Gasteiger partial charge in [-0.15, -0.1) is 0 Å². The predicted molar refractivity (Wildman–Crippen MR) is 108 cm³/mol. The minimum atomic E-state index is -0.255. The van der Waals surface area contributed by atoms with Crippen molar-refractivity contribution in [1.29, 1.82) is 0 Å². The van der Waals surface area contributed by atoms with E-state index in [2.05, 4.69) is 15.4 Å². The maximum Gasteiger partial charge on any atom is 0.251 e. The van der Waals surface area contributed by atoms with E-state index in [1.807, 2.05) is 52.9 Å². The number of hydrogen-bond donors (Lipinski definition) is 1. The Morgan fingerprint density at radius 2 is 1.72 bits per heavy atom. The summed E-state index contributed by atoms with van der Waals surface area (Å²) in [6.45, 7) is 2.94. The number of carbonyl (C=O) groups excluding carboxylic acids is 2. The van der Waals surface area contributed by atoms with E-state index < -0.39 is 0 Å². The van der Waals surface area contributed by atoms with Gasteiger partial charge in [0.25, 0.3) is 5.91 Å². The molecular weight excluding hydrogens is 366 g/mol. The second-order valence-electron chi connectivity index (χ2n) is 7.08. The Morgan fingerprint density at radius 3 is 2.45 bits per heavy atom. The van der Waals surface area contributed by atoms with Gasteiger partial charge in [0.15, 0.2) is 0 Å². The van der Waals surface area contributed by atoms with Gasteiger partial charge in [-0.1, -0.05) is 48.5 Å². The molecule has 0 radical (unpaired) electrons. The van der Waals surface area contributed by atoms with E-state index in [9.17, 15) is 9.59 Å². The molecule has 7 heteroatoms. The highest BCUT2D eigenvalue weighted by Crippen LogP contribution is 2.27. The average molecular weight is 389 g/mol. The molecule has 1 atom stereocenters. The summed E-state index contributed by atoms with van der Waals surface area (Å²) >= 11 is 0. The first-order valence-electron chi connectivity index (χ1n) is 9.70. The van der Waals surface area contributed by atoms with E-state index >= 15 is 0 Å². The minimum absolute atomic E-state index is 0.0495. The summed E-state index contributed by atoms with van der Waals surface area (Å²) in [4.78, 5) is 31.7. The number of hydrogen-bond acceptors (Lipinski definition) is 4. The SMILES string of the molecule is Cc1nc2n(n1)CCN(C(=O)CNC(=O)c1ccccc1)[C@H]2Cc1ccccc1. The van der Waals surface area contributed by atoms with Crippen LogP contribution >= 0.6 is 0 Å². The molecule has 0 bridgehead atoms. The Hall–Kier alpha value is -3.48. The molecule has 1 N–H and O–H groups in total. The predicted octanol–water partition coefficient (Wildman–Crippen LogP) is 2.14. The normalized spacial score (nSPS) is 15.6. The monoisotopic (exact) mass is 389 g/mol. The summed E-state index contributed by atoms with van der Waals surface area (Å²) in [6.07, 6.45) is 0.650. The lowest BCUT2D eigenvalue weighted by Gasteiger charge is -2.35. The number of rotatable bonds is 5. The molecule has 0 fully saturated rings. The summed E-state index contributed by atoms with van der Waals surface area (Å²) in [7, 11) is 0. The van der Waals surface area contributed by atoms with Crippen molar-refractivity contribution in [2.45, 2.75) is 25.9 Å². The highest BCUT2D eigenvalue weighted by molar-refractivity contribution is 5.96. The number of nitrogens with zero attached hydrogens (tertiary/aromatic N) is 4. The van der Waals surface area contributed by atoms with Gasteiger partial charge in [0, 0.05) is 18.5 Å². The van der Waals surface area contributed by atoms with Crippen LogP contribution in [0.15, 0.2) is 60.7 Å². The molecule has 148 valence electrons.